The van der Waals surface area contributed by atoms with Crippen LogP contribution in [0.15, 0.2) is 36.5 Å². The van der Waals surface area contributed by atoms with Crippen molar-refractivity contribution in [3.63, 3.8) is 0 Å². The number of carbonyl (C=O) groups excluding carboxylic acids is 1. The third kappa shape index (κ3) is 2.01. The lowest BCUT2D eigenvalue weighted by Crippen LogP contribution is -2.20. The number of ketones is 1. The summed E-state index contributed by atoms with van der Waals surface area (Å²) in [7, 11) is 0. The van der Waals surface area contributed by atoms with Crippen molar-refractivity contribution in [2.24, 2.45) is 5.92 Å². The number of rotatable bonds is 1. The highest BCUT2D eigenvalue weighted by Gasteiger charge is 2.25. The number of fused-ring (bicyclic) bond motifs is 2. The number of benzene rings is 1. The molecule has 0 fully saturated rings. The average Bonchev–Trinajstić information content (AvgIpc) is 2.89. The van der Waals surface area contributed by atoms with Crippen molar-refractivity contribution in [2.75, 3.05) is 0 Å². The zero-order chi connectivity index (χ0) is 14.4. The van der Waals surface area contributed by atoms with E-state index in [4.69, 9.17) is 0 Å². The predicted octanol–water partition coefficient (Wildman–Crippen LogP) is 2.56. The second-order valence-electron chi connectivity index (χ2n) is 5.58. The van der Waals surface area contributed by atoms with E-state index < -0.39 is 0 Å². The second kappa shape index (κ2) is 4.48. The molecular formula is C16H14N4O. The van der Waals surface area contributed by atoms with Crippen LogP contribution in [0.4, 0.5) is 0 Å². The molecule has 3 aromatic rings. The molecule has 0 radical (unpaired) electrons. The van der Waals surface area contributed by atoms with Crippen molar-refractivity contribution in [1.82, 2.24) is 19.6 Å². The topological polar surface area (TPSA) is 60.2 Å². The second-order valence-corrected chi connectivity index (χ2v) is 5.58. The van der Waals surface area contributed by atoms with Crippen LogP contribution < -0.4 is 0 Å². The maximum absolute atomic E-state index is 12.1. The van der Waals surface area contributed by atoms with Gasteiger partial charge in [0, 0.05) is 18.2 Å². The first-order valence-corrected chi connectivity index (χ1v) is 7.05. The molecule has 2 heterocycles. The summed E-state index contributed by atoms with van der Waals surface area (Å²) in [5.41, 5.74) is 2.48. The van der Waals surface area contributed by atoms with E-state index in [2.05, 4.69) is 22.0 Å². The van der Waals surface area contributed by atoms with Crippen molar-refractivity contribution in [3.8, 4) is 11.4 Å². The minimum Gasteiger partial charge on any atom is -0.294 e. The standard InChI is InChI=1S/C16H14N4O/c1-10-7-13-12(14(21)8-10)9-20-16(17-13)18-15(19-20)11-5-3-2-4-6-11/h2-6,9-10H,7-8H2,1H3/t10-/m0/s1. The Labute approximate surface area is 121 Å². The minimum absolute atomic E-state index is 0.148. The van der Waals surface area contributed by atoms with Crippen LogP contribution in [0.5, 0.6) is 0 Å². The molecule has 0 bridgehead atoms. The maximum atomic E-state index is 12.1. The molecule has 1 aromatic carbocycles. The lowest BCUT2D eigenvalue weighted by Gasteiger charge is -2.18. The van der Waals surface area contributed by atoms with Gasteiger partial charge >= 0.3 is 0 Å². The summed E-state index contributed by atoms with van der Waals surface area (Å²) >= 11 is 0. The average molecular weight is 278 g/mol. The Balaban J connectivity index is 1.88. The van der Waals surface area contributed by atoms with Gasteiger partial charge in [-0.05, 0) is 12.3 Å². The highest BCUT2D eigenvalue weighted by atomic mass is 16.1. The molecular weight excluding hydrogens is 264 g/mol. The summed E-state index contributed by atoms with van der Waals surface area (Å²) in [6.45, 7) is 2.08. The number of carbonyl (C=O) groups is 1. The molecule has 1 aliphatic rings. The van der Waals surface area contributed by atoms with Crippen molar-refractivity contribution >= 4 is 11.6 Å². The van der Waals surface area contributed by atoms with Gasteiger partial charge < -0.3 is 0 Å². The summed E-state index contributed by atoms with van der Waals surface area (Å²) in [6, 6.07) is 9.77. The molecule has 0 unspecified atom stereocenters. The zero-order valence-electron chi connectivity index (χ0n) is 11.7. The molecule has 1 atom stereocenters. The fourth-order valence-corrected chi connectivity index (χ4v) is 2.78. The van der Waals surface area contributed by atoms with E-state index >= 15 is 0 Å². The van der Waals surface area contributed by atoms with Crippen LogP contribution in [-0.4, -0.2) is 25.4 Å². The van der Waals surface area contributed by atoms with Gasteiger partial charge in [-0.2, -0.15) is 4.98 Å². The first-order chi connectivity index (χ1) is 10.2. The van der Waals surface area contributed by atoms with E-state index in [1.165, 1.54) is 0 Å². The third-order valence-electron chi connectivity index (χ3n) is 3.82. The maximum Gasteiger partial charge on any atom is 0.252 e. The van der Waals surface area contributed by atoms with Crippen LogP contribution in [0.3, 0.4) is 0 Å². The predicted molar refractivity (Wildman–Crippen MR) is 78.0 cm³/mol. The van der Waals surface area contributed by atoms with Gasteiger partial charge in [-0.3, -0.25) is 4.79 Å². The van der Waals surface area contributed by atoms with Crippen LogP contribution >= 0.6 is 0 Å². The molecule has 0 amide bonds. The Bertz CT molecular complexity index is 838. The van der Waals surface area contributed by atoms with Gasteiger partial charge in [0.1, 0.15) is 0 Å². The van der Waals surface area contributed by atoms with Crippen LogP contribution in [0.2, 0.25) is 0 Å². The van der Waals surface area contributed by atoms with E-state index in [1.807, 2.05) is 30.3 Å². The smallest absolute Gasteiger partial charge is 0.252 e. The van der Waals surface area contributed by atoms with Crippen molar-refractivity contribution < 1.29 is 4.79 Å². The van der Waals surface area contributed by atoms with Crippen LogP contribution in [0.1, 0.15) is 29.4 Å². The summed E-state index contributed by atoms with van der Waals surface area (Å²) < 4.78 is 1.61. The molecule has 104 valence electrons. The number of hydrogen-bond donors (Lipinski definition) is 0. The molecule has 4 rings (SSSR count). The summed E-state index contributed by atoms with van der Waals surface area (Å²) in [5, 5.41) is 4.44. The first-order valence-electron chi connectivity index (χ1n) is 7.05. The van der Waals surface area contributed by atoms with Crippen LogP contribution in [-0.2, 0) is 6.42 Å². The Morgan fingerprint density at radius 3 is 2.76 bits per heavy atom. The van der Waals surface area contributed by atoms with Gasteiger partial charge in [-0.15, -0.1) is 5.10 Å². The van der Waals surface area contributed by atoms with Gasteiger partial charge in [0.25, 0.3) is 5.78 Å². The monoisotopic (exact) mass is 278 g/mol. The first kappa shape index (κ1) is 12.2. The quantitative estimate of drug-likeness (QED) is 0.686. The van der Waals surface area contributed by atoms with Gasteiger partial charge in [-0.1, -0.05) is 37.3 Å². The molecule has 0 aliphatic heterocycles. The van der Waals surface area contributed by atoms with E-state index in [-0.39, 0.29) is 5.78 Å². The summed E-state index contributed by atoms with van der Waals surface area (Å²) in [4.78, 5) is 21.1. The number of nitrogens with zero attached hydrogens (tertiary/aromatic N) is 4. The van der Waals surface area contributed by atoms with Gasteiger partial charge in [0.2, 0.25) is 0 Å². The van der Waals surface area contributed by atoms with Gasteiger partial charge in [0.05, 0.1) is 11.3 Å². The molecule has 0 N–H and O–H groups in total. The molecule has 0 saturated carbocycles. The van der Waals surface area contributed by atoms with E-state index in [0.717, 1.165) is 17.7 Å². The Morgan fingerprint density at radius 2 is 1.95 bits per heavy atom. The number of hydrogen-bond acceptors (Lipinski definition) is 4. The Morgan fingerprint density at radius 1 is 1.14 bits per heavy atom. The molecule has 5 heteroatoms. The van der Waals surface area contributed by atoms with Crippen molar-refractivity contribution in [3.05, 3.63) is 47.8 Å². The summed E-state index contributed by atoms with van der Waals surface area (Å²) in [6.07, 6.45) is 3.18. The zero-order valence-corrected chi connectivity index (χ0v) is 11.7. The highest BCUT2D eigenvalue weighted by Crippen LogP contribution is 2.24. The van der Waals surface area contributed by atoms with Gasteiger partial charge in [-0.25, -0.2) is 9.50 Å². The Hall–Kier alpha value is -2.56. The normalized spacial score (nSPS) is 18.0. The molecule has 1 aliphatic carbocycles. The van der Waals surface area contributed by atoms with Gasteiger partial charge in [0.15, 0.2) is 11.6 Å². The Kier molecular flexibility index (Phi) is 2.60. The number of Topliss-reactive ketones (excluding diaryl/α,β-unsaturated/α-hetero) is 1. The van der Waals surface area contributed by atoms with Crippen molar-refractivity contribution in [2.45, 2.75) is 19.8 Å². The lowest BCUT2D eigenvalue weighted by atomic mass is 9.88. The molecule has 5 nitrogen and oxygen atoms in total. The fourth-order valence-electron chi connectivity index (χ4n) is 2.78. The third-order valence-corrected chi connectivity index (χ3v) is 3.82. The van der Waals surface area contributed by atoms with Crippen LogP contribution in [0.25, 0.3) is 17.2 Å². The minimum atomic E-state index is 0.148. The van der Waals surface area contributed by atoms with E-state index in [1.54, 1.807) is 10.7 Å². The molecule has 0 spiro atoms. The fraction of sp³-hybridized carbons (Fsp3) is 0.250. The molecule has 2 aromatic heterocycles. The lowest BCUT2D eigenvalue weighted by molar-refractivity contribution is 0.0951. The molecule has 21 heavy (non-hydrogen) atoms. The number of aromatic nitrogens is 4. The summed E-state index contributed by atoms with van der Waals surface area (Å²) in [5.74, 6) is 1.67. The van der Waals surface area contributed by atoms with Crippen LogP contribution in [0, 0.1) is 5.92 Å². The van der Waals surface area contributed by atoms with E-state index in [0.29, 0.717) is 29.5 Å². The highest BCUT2D eigenvalue weighted by molar-refractivity contribution is 5.98. The largest absolute Gasteiger partial charge is 0.294 e. The molecule has 0 saturated heterocycles. The van der Waals surface area contributed by atoms with E-state index in [9.17, 15) is 4.79 Å². The SMILES string of the molecule is C[C@@H]1CC(=O)c2cn3nc(-c4ccccc4)nc3nc2C1. The van der Waals surface area contributed by atoms with Crippen molar-refractivity contribution in [1.29, 1.82) is 0 Å².